The fraction of sp³-hybridized carbons (Fsp3) is 0.538. The molecule has 1 aromatic rings. The summed E-state index contributed by atoms with van der Waals surface area (Å²) in [5.41, 5.74) is 0.282. The first-order valence-electron chi connectivity index (χ1n) is 6.83. The minimum Gasteiger partial charge on any atom is -0.383 e. The normalized spacial score (nSPS) is 16.9. The van der Waals surface area contributed by atoms with Gasteiger partial charge in [-0.05, 0) is 31.2 Å². The molecule has 1 aliphatic heterocycles. The number of hydrogen-bond acceptors (Lipinski definition) is 5. The molecule has 0 atom stereocenters. The molecule has 0 amide bonds. The topological polar surface area (TPSA) is 84.7 Å². The SMILES string of the molecule is NS(=O)(=O)c1ccc(NCCCN2CCOCC2)c(F)c1. The second-order valence-electron chi connectivity index (χ2n) is 4.92. The molecule has 3 N–H and O–H groups in total. The van der Waals surface area contributed by atoms with E-state index in [1.807, 2.05) is 0 Å². The van der Waals surface area contributed by atoms with Crippen molar-refractivity contribution in [2.45, 2.75) is 11.3 Å². The smallest absolute Gasteiger partial charge is 0.238 e. The molecule has 6 nitrogen and oxygen atoms in total. The van der Waals surface area contributed by atoms with Crippen molar-refractivity contribution in [2.24, 2.45) is 5.14 Å². The van der Waals surface area contributed by atoms with Crippen molar-refractivity contribution in [3.05, 3.63) is 24.0 Å². The van der Waals surface area contributed by atoms with E-state index in [9.17, 15) is 12.8 Å². The molecular weight excluding hydrogens is 297 g/mol. The molecule has 8 heteroatoms. The number of rotatable bonds is 6. The molecule has 0 aliphatic carbocycles. The molecule has 118 valence electrons. The molecule has 0 aromatic heterocycles. The summed E-state index contributed by atoms with van der Waals surface area (Å²) in [6.45, 7) is 4.92. The minimum atomic E-state index is -3.87. The van der Waals surface area contributed by atoms with Crippen LogP contribution in [0.1, 0.15) is 6.42 Å². The van der Waals surface area contributed by atoms with Gasteiger partial charge in [-0.1, -0.05) is 0 Å². The van der Waals surface area contributed by atoms with Crippen molar-refractivity contribution >= 4 is 15.7 Å². The second-order valence-corrected chi connectivity index (χ2v) is 6.48. The van der Waals surface area contributed by atoms with Gasteiger partial charge >= 0.3 is 0 Å². The van der Waals surface area contributed by atoms with Gasteiger partial charge in [-0.15, -0.1) is 0 Å². The van der Waals surface area contributed by atoms with Gasteiger partial charge < -0.3 is 10.1 Å². The lowest BCUT2D eigenvalue weighted by Gasteiger charge is -2.26. The Kier molecular flexibility index (Phi) is 5.51. The average Bonchev–Trinajstić information content (AvgIpc) is 2.45. The summed E-state index contributed by atoms with van der Waals surface area (Å²) >= 11 is 0. The van der Waals surface area contributed by atoms with E-state index < -0.39 is 15.8 Å². The van der Waals surface area contributed by atoms with Gasteiger partial charge in [-0.2, -0.15) is 0 Å². The van der Waals surface area contributed by atoms with Gasteiger partial charge in [0.1, 0.15) is 5.82 Å². The zero-order chi connectivity index (χ0) is 15.3. The summed E-state index contributed by atoms with van der Waals surface area (Å²) in [5.74, 6) is -0.618. The highest BCUT2D eigenvalue weighted by Gasteiger charge is 2.12. The first-order valence-corrected chi connectivity index (χ1v) is 8.38. The quantitative estimate of drug-likeness (QED) is 0.751. The van der Waals surface area contributed by atoms with Crippen LogP contribution in [0.15, 0.2) is 23.1 Å². The molecular formula is C13H20FN3O3S. The maximum atomic E-state index is 13.8. The van der Waals surface area contributed by atoms with Crippen LogP contribution in [0.25, 0.3) is 0 Å². The van der Waals surface area contributed by atoms with Crippen LogP contribution in [0, 0.1) is 5.82 Å². The molecule has 0 bridgehead atoms. The number of halogens is 1. The summed E-state index contributed by atoms with van der Waals surface area (Å²) in [6.07, 6.45) is 0.871. The largest absolute Gasteiger partial charge is 0.383 e. The Morgan fingerprint density at radius 2 is 2.05 bits per heavy atom. The number of nitrogens with two attached hydrogens (primary N) is 1. The number of hydrogen-bond donors (Lipinski definition) is 2. The van der Waals surface area contributed by atoms with E-state index in [2.05, 4.69) is 10.2 Å². The number of ether oxygens (including phenoxy) is 1. The van der Waals surface area contributed by atoms with Crippen molar-refractivity contribution in [1.82, 2.24) is 4.90 Å². The van der Waals surface area contributed by atoms with Crippen LogP contribution in [0.4, 0.5) is 10.1 Å². The standard InChI is InChI=1S/C13H20FN3O3S/c14-12-10-11(21(15,18)19)2-3-13(12)16-4-1-5-17-6-8-20-9-7-17/h2-3,10,16H,1,4-9H2,(H2,15,18,19). The third-order valence-corrected chi connectivity index (χ3v) is 4.25. The number of nitrogens with one attached hydrogen (secondary N) is 1. The number of anilines is 1. The molecule has 1 saturated heterocycles. The van der Waals surface area contributed by atoms with Gasteiger partial charge in [0.15, 0.2) is 0 Å². The molecule has 21 heavy (non-hydrogen) atoms. The van der Waals surface area contributed by atoms with Gasteiger partial charge in [0.25, 0.3) is 0 Å². The van der Waals surface area contributed by atoms with Gasteiger partial charge in [0.05, 0.1) is 23.8 Å². The summed E-state index contributed by atoms with van der Waals surface area (Å²) < 4.78 is 41.2. The van der Waals surface area contributed by atoms with E-state index in [0.29, 0.717) is 6.54 Å². The third kappa shape index (κ3) is 4.92. The van der Waals surface area contributed by atoms with Crippen LogP contribution in [0.3, 0.4) is 0 Å². The number of benzene rings is 1. The van der Waals surface area contributed by atoms with Crippen molar-refractivity contribution < 1.29 is 17.5 Å². The number of nitrogens with zero attached hydrogens (tertiary/aromatic N) is 1. The first-order chi connectivity index (χ1) is 9.97. The maximum Gasteiger partial charge on any atom is 0.238 e. The van der Waals surface area contributed by atoms with Crippen molar-refractivity contribution in [1.29, 1.82) is 0 Å². The Morgan fingerprint density at radius 3 is 2.67 bits per heavy atom. The summed E-state index contributed by atoms with van der Waals surface area (Å²) in [4.78, 5) is 2.07. The predicted octanol–water partition coefficient (Wildman–Crippen LogP) is 0.607. The van der Waals surface area contributed by atoms with Crippen LogP contribution in [0.5, 0.6) is 0 Å². The Hall–Kier alpha value is -1.22. The highest BCUT2D eigenvalue weighted by molar-refractivity contribution is 7.89. The highest BCUT2D eigenvalue weighted by atomic mass is 32.2. The number of sulfonamides is 1. The summed E-state index contributed by atoms with van der Waals surface area (Å²) in [5, 5.41) is 7.91. The highest BCUT2D eigenvalue weighted by Crippen LogP contribution is 2.18. The minimum absolute atomic E-state index is 0.223. The fourth-order valence-corrected chi connectivity index (χ4v) is 2.69. The lowest BCUT2D eigenvalue weighted by Crippen LogP contribution is -2.37. The van der Waals surface area contributed by atoms with E-state index in [4.69, 9.17) is 9.88 Å². The Morgan fingerprint density at radius 1 is 1.33 bits per heavy atom. The molecule has 1 aromatic carbocycles. The molecule has 0 saturated carbocycles. The van der Waals surface area contributed by atoms with Gasteiger partial charge in [0, 0.05) is 19.6 Å². The molecule has 0 radical (unpaired) electrons. The zero-order valence-corrected chi connectivity index (χ0v) is 12.5. The molecule has 1 fully saturated rings. The van der Waals surface area contributed by atoms with Crippen molar-refractivity contribution in [3.63, 3.8) is 0 Å². The first kappa shape index (κ1) is 16.2. The Labute approximate surface area is 124 Å². The van der Waals surface area contributed by atoms with Crippen LogP contribution < -0.4 is 10.5 Å². The number of morpholine rings is 1. The molecule has 0 unspecified atom stereocenters. The zero-order valence-electron chi connectivity index (χ0n) is 11.7. The van der Waals surface area contributed by atoms with Gasteiger partial charge in [-0.3, -0.25) is 4.90 Å². The van der Waals surface area contributed by atoms with E-state index in [1.54, 1.807) is 0 Å². The van der Waals surface area contributed by atoms with E-state index in [1.165, 1.54) is 12.1 Å². The summed E-state index contributed by atoms with van der Waals surface area (Å²) in [7, 11) is -3.87. The second kappa shape index (κ2) is 7.17. The monoisotopic (exact) mass is 317 g/mol. The molecule has 1 heterocycles. The number of primary sulfonamides is 1. The maximum absolute atomic E-state index is 13.8. The lowest BCUT2D eigenvalue weighted by atomic mass is 10.3. The van der Waals surface area contributed by atoms with Crippen LogP contribution in [-0.2, 0) is 14.8 Å². The van der Waals surface area contributed by atoms with Gasteiger partial charge in [0.2, 0.25) is 10.0 Å². The average molecular weight is 317 g/mol. The third-order valence-electron chi connectivity index (χ3n) is 3.34. The van der Waals surface area contributed by atoms with E-state index >= 15 is 0 Å². The molecule has 1 aliphatic rings. The predicted molar refractivity (Wildman–Crippen MR) is 78.1 cm³/mol. The van der Waals surface area contributed by atoms with E-state index in [-0.39, 0.29) is 10.6 Å². The Balaban J connectivity index is 1.80. The van der Waals surface area contributed by atoms with E-state index in [0.717, 1.165) is 45.3 Å². The van der Waals surface area contributed by atoms with Crippen molar-refractivity contribution in [3.8, 4) is 0 Å². The van der Waals surface area contributed by atoms with Crippen LogP contribution in [-0.4, -0.2) is 52.7 Å². The molecule has 0 spiro atoms. The fourth-order valence-electron chi connectivity index (χ4n) is 2.17. The van der Waals surface area contributed by atoms with Gasteiger partial charge in [-0.25, -0.2) is 17.9 Å². The lowest BCUT2D eigenvalue weighted by molar-refractivity contribution is 0.0378. The summed E-state index contributed by atoms with van der Waals surface area (Å²) in [6, 6.07) is 3.62. The Bertz CT molecular complexity index is 574. The van der Waals surface area contributed by atoms with Crippen LogP contribution >= 0.6 is 0 Å². The molecule has 2 rings (SSSR count). The van der Waals surface area contributed by atoms with Crippen molar-refractivity contribution in [2.75, 3.05) is 44.7 Å². The van der Waals surface area contributed by atoms with Crippen LogP contribution in [0.2, 0.25) is 0 Å².